The first-order valence-electron chi connectivity index (χ1n) is 9.85. The molecule has 174 valence electrons. The Morgan fingerprint density at radius 1 is 1.15 bits per heavy atom. The van der Waals surface area contributed by atoms with Gasteiger partial charge in [-0.15, -0.1) is 0 Å². The van der Waals surface area contributed by atoms with Crippen LogP contribution in [-0.4, -0.2) is 46.3 Å². The number of hydrogen-bond acceptors (Lipinski definition) is 8. The van der Waals surface area contributed by atoms with E-state index < -0.39 is 16.0 Å². The summed E-state index contributed by atoms with van der Waals surface area (Å²) in [6.07, 6.45) is 1.65. The average Bonchev–Trinajstić information content (AvgIpc) is 3.06. The Balaban J connectivity index is 1.81. The zero-order valence-corrected chi connectivity index (χ0v) is 19.1. The van der Waals surface area contributed by atoms with Crippen LogP contribution in [0.4, 0.5) is 5.69 Å². The summed E-state index contributed by atoms with van der Waals surface area (Å²) >= 11 is 0. The minimum Gasteiger partial charge on any atom is -0.493 e. The van der Waals surface area contributed by atoms with E-state index in [0.29, 0.717) is 34.0 Å². The van der Waals surface area contributed by atoms with E-state index in [9.17, 15) is 18.0 Å². The molecule has 0 unspecified atom stereocenters. The second-order valence-corrected chi connectivity index (χ2v) is 8.46. The predicted molar refractivity (Wildman–Crippen MR) is 122 cm³/mol. The number of esters is 1. The monoisotopic (exact) mass is 473 g/mol. The normalized spacial score (nSPS) is 14.9. The molecule has 0 saturated heterocycles. The summed E-state index contributed by atoms with van der Waals surface area (Å²) < 4.78 is 38.5. The van der Waals surface area contributed by atoms with Gasteiger partial charge in [-0.25, -0.2) is 18.4 Å². The number of nitrogens with zero attached hydrogens (tertiary/aromatic N) is 2. The van der Waals surface area contributed by atoms with E-state index in [2.05, 4.69) is 5.10 Å². The minimum atomic E-state index is -3.84. The molecule has 0 aromatic heterocycles. The molecule has 3 rings (SSSR count). The number of nitrogens with two attached hydrogens (primary N) is 1. The number of amides is 1. The van der Waals surface area contributed by atoms with E-state index in [1.54, 1.807) is 38.1 Å². The van der Waals surface area contributed by atoms with Gasteiger partial charge in [-0.05, 0) is 61.9 Å². The number of hydrazone groups is 1. The van der Waals surface area contributed by atoms with Crippen molar-refractivity contribution in [1.29, 1.82) is 0 Å². The van der Waals surface area contributed by atoms with Crippen LogP contribution in [0.5, 0.6) is 11.5 Å². The Labute approximate surface area is 191 Å². The second kappa shape index (κ2) is 9.84. The van der Waals surface area contributed by atoms with Gasteiger partial charge in [0.15, 0.2) is 18.1 Å². The largest absolute Gasteiger partial charge is 0.493 e. The van der Waals surface area contributed by atoms with Gasteiger partial charge in [-0.2, -0.15) is 10.1 Å². The van der Waals surface area contributed by atoms with E-state index >= 15 is 0 Å². The van der Waals surface area contributed by atoms with Crippen molar-refractivity contribution in [3.8, 4) is 11.5 Å². The maximum absolute atomic E-state index is 13.0. The summed E-state index contributed by atoms with van der Waals surface area (Å²) in [5.41, 5.74) is 1.89. The van der Waals surface area contributed by atoms with Crippen LogP contribution in [0.2, 0.25) is 0 Å². The van der Waals surface area contributed by atoms with Gasteiger partial charge < -0.3 is 14.2 Å². The van der Waals surface area contributed by atoms with Gasteiger partial charge in [0.25, 0.3) is 5.91 Å². The smallest absolute Gasteiger partial charge is 0.344 e. The van der Waals surface area contributed by atoms with Crippen molar-refractivity contribution >= 4 is 39.4 Å². The van der Waals surface area contributed by atoms with Crippen LogP contribution in [0.1, 0.15) is 19.4 Å². The lowest BCUT2D eigenvalue weighted by Crippen LogP contribution is -2.21. The third-order valence-electron chi connectivity index (χ3n) is 4.62. The number of primary sulfonamides is 1. The summed E-state index contributed by atoms with van der Waals surface area (Å²) in [5.74, 6) is -0.139. The van der Waals surface area contributed by atoms with Crippen LogP contribution in [0.3, 0.4) is 0 Å². The van der Waals surface area contributed by atoms with Crippen LogP contribution < -0.4 is 19.6 Å². The number of sulfonamides is 1. The zero-order valence-electron chi connectivity index (χ0n) is 18.3. The lowest BCUT2D eigenvalue weighted by atomic mass is 10.1. The molecule has 1 aliphatic rings. The highest BCUT2D eigenvalue weighted by Crippen LogP contribution is 2.31. The van der Waals surface area contributed by atoms with Crippen LogP contribution in [0.15, 0.2) is 58.0 Å². The van der Waals surface area contributed by atoms with Gasteiger partial charge in [0, 0.05) is 0 Å². The highest BCUT2D eigenvalue weighted by atomic mass is 32.2. The van der Waals surface area contributed by atoms with Crippen molar-refractivity contribution in [3.63, 3.8) is 0 Å². The standard InChI is InChI=1S/C22H23N3O7S/c1-4-31-21(26)13-32-19-10-5-15(12-20(19)30-3)11-18-14(2)24-25(22(18)27)16-6-8-17(9-7-16)33(23,28)29/h5-12H,4,13H2,1-3H3,(H2,23,28,29)/b18-11-. The van der Waals surface area contributed by atoms with Crippen LogP contribution in [0, 0.1) is 0 Å². The Morgan fingerprint density at radius 2 is 1.85 bits per heavy atom. The summed E-state index contributed by atoms with van der Waals surface area (Å²) in [4.78, 5) is 24.4. The molecule has 0 fully saturated rings. The Kier molecular flexibility index (Phi) is 7.14. The Bertz CT molecular complexity index is 1240. The fourth-order valence-corrected chi connectivity index (χ4v) is 3.55. The van der Waals surface area contributed by atoms with Gasteiger partial charge in [0.05, 0.1) is 35.6 Å². The summed E-state index contributed by atoms with van der Waals surface area (Å²) in [7, 11) is -2.38. The molecule has 10 nitrogen and oxygen atoms in total. The van der Waals surface area contributed by atoms with E-state index in [-0.39, 0.29) is 24.0 Å². The number of hydrogen-bond donors (Lipinski definition) is 1. The highest BCUT2D eigenvalue weighted by molar-refractivity contribution is 7.89. The molecule has 11 heteroatoms. The first-order valence-corrected chi connectivity index (χ1v) is 11.4. The first-order chi connectivity index (χ1) is 15.6. The number of carbonyl (C=O) groups is 2. The van der Waals surface area contributed by atoms with Crippen molar-refractivity contribution in [3.05, 3.63) is 53.6 Å². The SMILES string of the molecule is CCOC(=O)COc1ccc(/C=C2\C(=O)N(c3ccc(S(N)(=O)=O)cc3)N=C2C)cc1OC. The van der Waals surface area contributed by atoms with E-state index in [4.69, 9.17) is 19.3 Å². The van der Waals surface area contributed by atoms with Crippen molar-refractivity contribution in [2.45, 2.75) is 18.7 Å². The first kappa shape index (κ1) is 24.0. The molecule has 0 aliphatic carbocycles. The lowest BCUT2D eigenvalue weighted by Gasteiger charge is -2.12. The highest BCUT2D eigenvalue weighted by Gasteiger charge is 2.29. The third-order valence-corrected chi connectivity index (χ3v) is 5.55. The van der Waals surface area contributed by atoms with E-state index in [1.165, 1.54) is 36.4 Å². The molecule has 2 N–H and O–H groups in total. The van der Waals surface area contributed by atoms with E-state index in [1.807, 2.05) is 0 Å². The minimum absolute atomic E-state index is 0.0632. The molecule has 0 spiro atoms. The molecule has 1 heterocycles. The molecule has 0 saturated carbocycles. The van der Waals surface area contributed by atoms with Crippen molar-refractivity contribution in [2.24, 2.45) is 10.2 Å². The summed E-state index contributed by atoms with van der Waals surface area (Å²) in [6.45, 7) is 3.40. The molecule has 0 atom stereocenters. The van der Waals surface area contributed by atoms with Gasteiger partial charge in [-0.3, -0.25) is 4.79 Å². The number of anilines is 1. The van der Waals surface area contributed by atoms with E-state index in [0.717, 1.165) is 0 Å². The average molecular weight is 474 g/mol. The molecular weight excluding hydrogens is 450 g/mol. The molecule has 2 aromatic rings. The van der Waals surface area contributed by atoms with Crippen molar-refractivity contribution in [1.82, 2.24) is 0 Å². The zero-order chi connectivity index (χ0) is 24.2. The van der Waals surface area contributed by atoms with Crippen LogP contribution in [0.25, 0.3) is 6.08 Å². The summed E-state index contributed by atoms with van der Waals surface area (Å²) in [6, 6.07) is 10.5. The molecule has 1 amide bonds. The summed E-state index contributed by atoms with van der Waals surface area (Å²) in [5, 5.41) is 10.6. The van der Waals surface area contributed by atoms with Gasteiger partial charge in [0.1, 0.15) is 0 Å². The third kappa shape index (κ3) is 5.57. The number of ether oxygens (including phenoxy) is 3. The fourth-order valence-electron chi connectivity index (χ4n) is 3.04. The molecule has 2 aromatic carbocycles. The van der Waals surface area contributed by atoms with Gasteiger partial charge in [0.2, 0.25) is 10.0 Å². The maximum Gasteiger partial charge on any atom is 0.344 e. The fraction of sp³-hybridized carbons (Fsp3) is 0.227. The number of benzene rings is 2. The Morgan fingerprint density at radius 3 is 2.45 bits per heavy atom. The van der Waals surface area contributed by atoms with Gasteiger partial charge >= 0.3 is 5.97 Å². The topological polar surface area (TPSA) is 138 Å². The second-order valence-electron chi connectivity index (χ2n) is 6.90. The van der Waals surface area contributed by atoms with Crippen LogP contribution >= 0.6 is 0 Å². The van der Waals surface area contributed by atoms with Crippen LogP contribution in [-0.2, 0) is 24.3 Å². The lowest BCUT2D eigenvalue weighted by molar-refractivity contribution is -0.145. The maximum atomic E-state index is 13.0. The predicted octanol–water partition coefficient (Wildman–Crippen LogP) is 2.09. The molecule has 0 radical (unpaired) electrons. The van der Waals surface area contributed by atoms with Crippen molar-refractivity contribution in [2.75, 3.05) is 25.3 Å². The number of carbonyl (C=O) groups excluding carboxylic acids is 2. The molecule has 0 bridgehead atoms. The molecule has 1 aliphatic heterocycles. The Hall–Kier alpha value is -3.70. The van der Waals surface area contributed by atoms with Crippen molar-refractivity contribution < 1.29 is 32.2 Å². The van der Waals surface area contributed by atoms with Gasteiger partial charge in [-0.1, -0.05) is 6.07 Å². The quantitative estimate of drug-likeness (QED) is 0.458. The number of rotatable bonds is 8. The number of methoxy groups -OCH3 is 1. The molecular formula is C22H23N3O7S. The molecule has 33 heavy (non-hydrogen) atoms.